The molecule has 25 heavy (non-hydrogen) atoms. The average Bonchev–Trinajstić information content (AvgIpc) is 2.59. The van der Waals surface area contributed by atoms with E-state index in [1.165, 1.54) is 18.3 Å². The number of carbonyl (C=O) groups excluding carboxylic acids is 1. The van der Waals surface area contributed by atoms with E-state index in [1.54, 1.807) is 6.07 Å². The third-order valence-corrected chi connectivity index (χ3v) is 4.02. The Morgan fingerprint density at radius 1 is 1.04 bits per heavy atom. The summed E-state index contributed by atoms with van der Waals surface area (Å²) < 4.78 is 39.2. The van der Waals surface area contributed by atoms with Crippen LogP contribution in [0.15, 0.2) is 36.5 Å². The molecule has 3 rings (SSSR count). The first-order valence-corrected chi connectivity index (χ1v) is 7.85. The van der Waals surface area contributed by atoms with Gasteiger partial charge in [0.25, 0.3) is 0 Å². The second-order valence-electron chi connectivity index (χ2n) is 5.78. The number of rotatable bonds is 4. The maximum Gasteiger partial charge on any atom is 0.238 e. The molecule has 0 atom stereocenters. The maximum atomic E-state index is 13.2. The number of aromatic nitrogens is 1. The van der Waals surface area contributed by atoms with E-state index < -0.39 is 17.6 Å². The van der Waals surface area contributed by atoms with Crippen LogP contribution >= 0.6 is 0 Å². The molecule has 0 unspecified atom stereocenters. The van der Waals surface area contributed by atoms with Gasteiger partial charge < -0.3 is 10.2 Å². The van der Waals surface area contributed by atoms with Gasteiger partial charge in [-0.25, -0.2) is 13.8 Å². The van der Waals surface area contributed by atoms with Gasteiger partial charge in [-0.3, -0.25) is 9.69 Å². The molecule has 8 heteroatoms. The Kier molecular flexibility index (Phi) is 5.18. The molecule has 1 aliphatic heterocycles. The lowest BCUT2D eigenvalue weighted by Crippen LogP contribution is -2.48. The normalized spacial score (nSPS) is 15.2. The van der Waals surface area contributed by atoms with Crippen molar-refractivity contribution in [2.24, 2.45) is 0 Å². The summed E-state index contributed by atoms with van der Waals surface area (Å²) in [5.41, 5.74) is 0.980. The second kappa shape index (κ2) is 7.52. The van der Waals surface area contributed by atoms with Crippen molar-refractivity contribution in [3.8, 4) is 0 Å². The van der Waals surface area contributed by atoms with Gasteiger partial charge in [0.15, 0.2) is 11.6 Å². The molecule has 1 saturated heterocycles. The van der Waals surface area contributed by atoms with Crippen LogP contribution in [0.4, 0.5) is 24.5 Å². The van der Waals surface area contributed by atoms with Gasteiger partial charge in [0.2, 0.25) is 11.9 Å². The highest BCUT2D eigenvalue weighted by Gasteiger charge is 2.19. The molecule has 1 N–H and O–H groups in total. The Labute approximate surface area is 143 Å². The van der Waals surface area contributed by atoms with Crippen LogP contribution in [0.25, 0.3) is 0 Å². The predicted octanol–water partition coefficient (Wildman–Crippen LogP) is 2.26. The number of nitrogens with one attached hydrogen (secondary N) is 1. The van der Waals surface area contributed by atoms with E-state index in [0.717, 1.165) is 17.8 Å². The van der Waals surface area contributed by atoms with Gasteiger partial charge in [-0.2, -0.15) is 4.39 Å². The van der Waals surface area contributed by atoms with Gasteiger partial charge in [-0.15, -0.1) is 0 Å². The van der Waals surface area contributed by atoms with Crippen molar-refractivity contribution >= 4 is 17.3 Å². The minimum absolute atomic E-state index is 0.150. The van der Waals surface area contributed by atoms with E-state index in [0.29, 0.717) is 26.2 Å². The summed E-state index contributed by atoms with van der Waals surface area (Å²) in [6.45, 7) is 2.73. The molecule has 1 fully saturated rings. The van der Waals surface area contributed by atoms with Crippen LogP contribution in [-0.2, 0) is 4.79 Å². The fourth-order valence-electron chi connectivity index (χ4n) is 2.73. The molecular formula is C17H17F3N4O. The zero-order chi connectivity index (χ0) is 17.8. The molecular weight excluding hydrogens is 333 g/mol. The zero-order valence-corrected chi connectivity index (χ0v) is 13.4. The molecule has 0 saturated carbocycles. The van der Waals surface area contributed by atoms with Gasteiger partial charge in [0.05, 0.1) is 6.54 Å². The molecule has 132 valence electrons. The van der Waals surface area contributed by atoms with Crippen molar-refractivity contribution in [3.63, 3.8) is 0 Å². The molecule has 5 nitrogen and oxygen atoms in total. The summed E-state index contributed by atoms with van der Waals surface area (Å²) in [5, 5.41) is 2.55. The SMILES string of the molecule is O=C(CN1CCN(c2ccnc(F)c2)CC1)Nc1ccc(F)c(F)c1. The quantitative estimate of drug-likeness (QED) is 0.860. The largest absolute Gasteiger partial charge is 0.369 e. The maximum absolute atomic E-state index is 13.2. The minimum atomic E-state index is -1.00. The Balaban J connectivity index is 1.50. The Hall–Kier alpha value is -2.61. The first-order chi connectivity index (χ1) is 12.0. The lowest BCUT2D eigenvalue weighted by Gasteiger charge is -2.35. The third kappa shape index (κ3) is 4.48. The monoisotopic (exact) mass is 350 g/mol. The topological polar surface area (TPSA) is 48.5 Å². The Morgan fingerprint density at radius 3 is 2.48 bits per heavy atom. The number of amides is 1. The first-order valence-electron chi connectivity index (χ1n) is 7.85. The van der Waals surface area contributed by atoms with E-state index in [9.17, 15) is 18.0 Å². The van der Waals surface area contributed by atoms with Crippen molar-refractivity contribution < 1.29 is 18.0 Å². The molecule has 1 amide bonds. The van der Waals surface area contributed by atoms with Gasteiger partial charge in [-0.1, -0.05) is 0 Å². The van der Waals surface area contributed by atoms with Crippen LogP contribution in [0.3, 0.4) is 0 Å². The lowest BCUT2D eigenvalue weighted by atomic mass is 10.2. The van der Waals surface area contributed by atoms with Crippen LogP contribution in [0.5, 0.6) is 0 Å². The van der Waals surface area contributed by atoms with Crippen molar-refractivity contribution in [3.05, 3.63) is 54.1 Å². The number of benzene rings is 1. The van der Waals surface area contributed by atoms with Crippen LogP contribution in [0, 0.1) is 17.6 Å². The summed E-state index contributed by atoms with van der Waals surface area (Å²) in [7, 11) is 0. The number of pyridine rings is 1. The highest BCUT2D eigenvalue weighted by atomic mass is 19.2. The number of carbonyl (C=O) groups is 1. The second-order valence-corrected chi connectivity index (χ2v) is 5.78. The molecule has 1 aromatic heterocycles. The minimum Gasteiger partial charge on any atom is -0.369 e. The first kappa shape index (κ1) is 17.2. The van der Waals surface area contributed by atoms with Crippen LogP contribution in [0.2, 0.25) is 0 Å². The van der Waals surface area contributed by atoms with Gasteiger partial charge in [0, 0.05) is 55.9 Å². The van der Waals surface area contributed by atoms with Gasteiger partial charge in [-0.05, 0) is 18.2 Å². The number of hydrogen-bond acceptors (Lipinski definition) is 4. The van der Waals surface area contributed by atoms with E-state index in [4.69, 9.17) is 0 Å². The molecule has 1 aliphatic rings. The van der Waals surface area contributed by atoms with E-state index in [-0.39, 0.29) is 18.1 Å². The fraction of sp³-hybridized carbons (Fsp3) is 0.294. The molecule has 0 radical (unpaired) electrons. The molecule has 0 bridgehead atoms. The lowest BCUT2D eigenvalue weighted by molar-refractivity contribution is -0.117. The van der Waals surface area contributed by atoms with Crippen LogP contribution < -0.4 is 10.2 Å². The molecule has 2 aromatic rings. The highest BCUT2D eigenvalue weighted by molar-refractivity contribution is 5.92. The number of nitrogens with zero attached hydrogens (tertiary/aromatic N) is 3. The van der Waals surface area contributed by atoms with E-state index in [1.807, 2.05) is 9.80 Å². The Bertz CT molecular complexity index is 763. The summed E-state index contributed by atoms with van der Waals surface area (Å²) >= 11 is 0. The summed E-state index contributed by atoms with van der Waals surface area (Å²) in [6.07, 6.45) is 1.42. The Morgan fingerprint density at radius 2 is 1.80 bits per heavy atom. The summed E-state index contributed by atoms with van der Waals surface area (Å²) in [4.78, 5) is 19.5. The number of anilines is 2. The van der Waals surface area contributed by atoms with Crippen molar-refractivity contribution in [2.45, 2.75) is 0 Å². The van der Waals surface area contributed by atoms with Gasteiger partial charge >= 0.3 is 0 Å². The van der Waals surface area contributed by atoms with Gasteiger partial charge in [0.1, 0.15) is 0 Å². The molecule has 0 aliphatic carbocycles. The zero-order valence-electron chi connectivity index (χ0n) is 13.4. The van der Waals surface area contributed by atoms with E-state index in [2.05, 4.69) is 10.3 Å². The molecule has 2 heterocycles. The predicted molar refractivity (Wildman–Crippen MR) is 87.8 cm³/mol. The third-order valence-electron chi connectivity index (χ3n) is 4.02. The van der Waals surface area contributed by atoms with E-state index >= 15 is 0 Å². The number of hydrogen-bond donors (Lipinski definition) is 1. The average molecular weight is 350 g/mol. The molecule has 1 aromatic carbocycles. The fourth-order valence-corrected chi connectivity index (χ4v) is 2.73. The van der Waals surface area contributed by atoms with Crippen LogP contribution in [0.1, 0.15) is 0 Å². The highest BCUT2D eigenvalue weighted by Crippen LogP contribution is 2.17. The number of piperazine rings is 1. The van der Waals surface area contributed by atoms with Crippen molar-refractivity contribution in [1.82, 2.24) is 9.88 Å². The van der Waals surface area contributed by atoms with Crippen molar-refractivity contribution in [2.75, 3.05) is 42.9 Å². The molecule has 0 spiro atoms. The smallest absolute Gasteiger partial charge is 0.238 e. The number of halogens is 3. The summed E-state index contributed by atoms with van der Waals surface area (Å²) in [5.74, 6) is -2.78. The van der Waals surface area contributed by atoms with Crippen molar-refractivity contribution in [1.29, 1.82) is 0 Å². The summed E-state index contributed by atoms with van der Waals surface area (Å²) in [6, 6.07) is 6.35. The standard InChI is InChI=1S/C17H17F3N4O/c18-14-2-1-12(9-15(14)19)22-17(25)11-23-5-7-24(8-6-23)13-3-4-21-16(20)10-13/h1-4,9-10H,5-8,11H2,(H,22,25). The van der Waals surface area contributed by atoms with Crippen LogP contribution in [-0.4, -0.2) is 48.5 Å².